The van der Waals surface area contributed by atoms with Gasteiger partial charge in [-0.05, 0) is 37.6 Å². The highest BCUT2D eigenvalue weighted by atomic mass is 16.5. The molecule has 1 N–H and O–H groups in total. The largest absolute Gasteiger partial charge is 0.491 e. The minimum atomic E-state index is -0.931. The maximum absolute atomic E-state index is 10.7. The van der Waals surface area contributed by atoms with E-state index in [-0.39, 0.29) is 11.7 Å². The fourth-order valence-electron chi connectivity index (χ4n) is 1.22. The van der Waals surface area contributed by atoms with Crippen LogP contribution < -0.4 is 4.74 Å². The second-order valence-electron chi connectivity index (χ2n) is 3.64. The van der Waals surface area contributed by atoms with E-state index in [1.54, 1.807) is 19.2 Å². The molecular weight excluding hydrogens is 208 g/mol. The van der Waals surface area contributed by atoms with Crippen molar-refractivity contribution >= 4 is 5.97 Å². The molecule has 1 aromatic carbocycles. The summed E-state index contributed by atoms with van der Waals surface area (Å²) >= 11 is 0. The van der Waals surface area contributed by atoms with Crippen molar-refractivity contribution in [3.63, 3.8) is 0 Å². The maximum Gasteiger partial charge on any atom is 0.335 e. The Morgan fingerprint density at radius 3 is 2.69 bits per heavy atom. The van der Waals surface area contributed by atoms with Crippen molar-refractivity contribution in [3.8, 4) is 5.75 Å². The third kappa shape index (κ3) is 3.24. The Morgan fingerprint density at radius 2 is 2.19 bits per heavy atom. The molecule has 0 heterocycles. The van der Waals surface area contributed by atoms with E-state index in [1.807, 2.05) is 13.8 Å². The van der Waals surface area contributed by atoms with E-state index in [1.165, 1.54) is 6.07 Å². The van der Waals surface area contributed by atoms with E-state index >= 15 is 0 Å². The predicted octanol–water partition coefficient (Wildman–Crippen LogP) is 2.11. The first-order valence-corrected chi connectivity index (χ1v) is 5.04. The summed E-state index contributed by atoms with van der Waals surface area (Å²) in [6.07, 6.45) is 0.0125. The molecule has 4 heteroatoms. The molecule has 0 aliphatic heterocycles. The lowest BCUT2D eigenvalue weighted by Gasteiger charge is -2.13. The number of methoxy groups -OCH3 is 1. The standard InChI is InChI=1S/C12H16O4/c1-8-6-10(12(13)14)4-5-11(8)16-7-9(2)15-3/h4-6,9H,7H2,1-3H3,(H,13,14). The second-order valence-corrected chi connectivity index (χ2v) is 3.64. The third-order valence-electron chi connectivity index (χ3n) is 2.30. The van der Waals surface area contributed by atoms with E-state index in [0.29, 0.717) is 12.4 Å². The van der Waals surface area contributed by atoms with Gasteiger partial charge in [0.2, 0.25) is 0 Å². The number of carboxylic acid groups (broad SMARTS) is 1. The predicted molar refractivity (Wildman–Crippen MR) is 60.1 cm³/mol. The van der Waals surface area contributed by atoms with Crippen LogP contribution in [0.25, 0.3) is 0 Å². The molecule has 0 aromatic heterocycles. The summed E-state index contributed by atoms with van der Waals surface area (Å²) in [6.45, 7) is 4.17. The van der Waals surface area contributed by atoms with Crippen molar-refractivity contribution in [1.29, 1.82) is 0 Å². The SMILES string of the molecule is COC(C)COc1ccc(C(=O)O)cc1C. The smallest absolute Gasteiger partial charge is 0.335 e. The molecular formula is C12H16O4. The highest BCUT2D eigenvalue weighted by Crippen LogP contribution is 2.19. The summed E-state index contributed by atoms with van der Waals surface area (Å²) in [4.78, 5) is 10.7. The highest BCUT2D eigenvalue weighted by molar-refractivity contribution is 5.88. The van der Waals surface area contributed by atoms with Gasteiger partial charge in [0, 0.05) is 7.11 Å². The van der Waals surface area contributed by atoms with Crippen LogP contribution in [0.4, 0.5) is 0 Å². The molecule has 1 unspecified atom stereocenters. The van der Waals surface area contributed by atoms with Crippen molar-refractivity contribution in [2.24, 2.45) is 0 Å². The summed E-state index contributed by atoms with van der Waals surface area (Å²) in [5, 5.41) is 8.80. The first-order chi connectivity index (χ1) is 7.54. The van der Waals surface area contributed by atoms with Gasteiger partial charge in [-0.3, -0.25) is 0 Å². The zero-order valence-corrected chi connectivity index (χ0v) is 9.69. The molecule has 1 rings (SSSR count). The van der Waals surface area contributed by atoms with Gasteiger partial charge in [0.1, 0.15) is 12.4 Å². The zero-order chi connectivity index (χ0) is 12.1. The molecule has 0 radical (unpaired) electrons. The van der Waals surface area contributed by atoms with Gasteiger partial charge in [-0.1, -0.05) is 0 Å². The van der Waals surface area contributed by atoms with Crippen LogP contribution in [0.1, 0.15) is 22.8 Å². The molecule has 88 valence electrons. The molecule has 1 atom stereocenters. The Morgan fingerprint density at radius 1 is 1.50 bits per heavy atom. The van der Waals surface area contributed by atoms with Gasteiger partial charge >= 0.3 is 5.97 Å². The Labute approximate surface area is 94.8 Å². The lowest BCUT2D eigenvalue weighted by molar-refractivity contribution is 0.0692. The van der Waals surface area contributed by atoms with E-state index in [0.717, 1.165) is 5.56 Å². The van der Waals surface area contributed by atoms with Crippen LogP contribution in [0.5, 0.6) is 5.75 Å². The van der Waals surface area contributed by atoms with Crippen LogP contribution in [0.2, 0.25) is 0 Å². The Hall–Kier alpha value is -1.55. The fourth-order valence-corrected chi connectivity index (χ4v) is 1.22. The summed E-state index contributed by atoms with van der Waals surface area (Å²) in [6, 6.07) is 4.79. The minimum absolute atomic E-state index is 0.0125. The number of aromatic carboxylic acids is 1. The van der Waals surface area contributed by atoms with Gasteiger partial charge in [-0.25, -0.2) is 4.79 Å². The van der Waals surface area contributed by atoms with Crippen LogP contribution in [-0.4, -0.2) is 30.9 Å². The average Bonchev–Trinajstić information content (AvgIpc) is 2.26. The number of hydrogen-bond donors (Lipinski definition) is 1. The van der Waals surface area contributed by atoms with Crippen LogP contribution in [0.3, 0.4) is 0 Å². The molecule has 0 aliphatic carbocycles. The molecule has 4 nitrogen and oxygen atoms in total. The molecule has 0 spiro atoms. The van der Waals surface area contributed by atoms with Gasteiger partial charge in [-0.2, -0.15) is 0 Å². The number of ether oxygens (including phenoxy) is 2. The fraction of sp³-hybridized carbons (Fsp3) is 0.417. The summed E-state index contributed by atoms with van der Waals surface area (Å²) < 4.78 is 10.6. The van der Waals surface area contributed by atoms with Gasteiger partial charge < -0.3 is 14.6 Å². The van der Waals surface area contributed by atoms with Gasteiger partial charge in [-0.15, -0.1) is 0 Å². The van der Waals surface area contributed by atoms with Crippen LogP contribution >= 0.6 is 0 Å². The molecule has 0 fully saturated rings. The first-order valence-electron chi connectivity index (χ1n) is 5.04. The van der Waals surface area contributed by atoms with E-state index in [2.05, 4.69) is 0 Å². The summed E-state index contributed by atoms with van der Waals surface area (Å²) in [7, 11) is 1.62. The third-order valence-corrected chi connectivity index (χ3v) is 2.30. The van der Waals surface area contributed by atoms with E-state index < -0.39 is 5.97 Å². The van der Waals surface area contributed by atoms with Crippen molar-refractivity contribution in [1.82, 2.24) is 0 Å². The lowest BCUT2D eigenvalue weighted by atomic mass is 10.1. The number of rotatable bonds is 5. The number of hydrogen-bond acceptors (Lipinski definition) is 3. The molecule has 0 saturated carbocycles. The second kappa shape index (κ2) is 5.51. The Bertz CT molecular complexity index is 373. The van der Waals surface area contributed by atoms with Crippen molar-refractivity contribution in [2.75, 3.05) is 13.7 Å². The van der Waals surface area contributed by atoms with Crippen molar-refractivity contribution < 1.29 is 19.4 Å². The molecule has 16 heavy (non-hydrogen) atoms. The summed E-state index contributed by atoms with van der Waals surface area (Å²) in [5.74, 6) is -0.242. The van der Waals surface area contributed by atoms with Crippen molar-refractivity contribution in [2.45, 2.75) is 20.0 Å². The maximum atomic E-state index is 10.7. The molecule has 0 aliphatic rings. The normalized spacial score (nSPS) is 12.2. The van der Waals surface area contributed by atoms with Crippen molar-refractivity contribution in [3.05, 3.63) is 29.3 Å². The van der Waals surface area contributed by atoms with E-state index in [9.17, 15) is 4.79 Å². The van der Waals surface area contributed by atoms with Crippen LogP contribution in [-0.2, 0) is 4.74 Å². The average molecular weight is 224 g/mol. The monoisotopic (exact) mass is 224 g/mol. The quantitative estimate of drug-likeness (QED) is 0.832. The first kappa shape index (κ1) is 12.5. The topological polar surface area (TPSA) is 55.8 Å². The lowest BCUT2D eigenvalue weighted by Crippen LogP contribution is -2.16. The zero-order valence-electron chi connectivity index (χ0n) is 9.69. The molecule has 0 saturated heterocycles. The van der Waals surface area contributed by atoms with Gasteiger partial charge in [0.15, 0.2) is 0 Å². The minimum Gasteiger partial charge on any atom is -0.491 e. The molecule has 1 aromatic rings. The van der Waals surface area contributed by atoms with Gasteiger partial charge in [0.05, 0.1) is 11.7 Å². The Kier molecular flexibility index (Phi) is 4.31. The Balaban J connectivity index is 2.72. The molecule has 0 bridgehead atoms. The van der Waals surface area contributed by atoms with Crippen LogP contribution in [0.15, 0.2) is 18.2 Å². The number of aryl methyl sites for hydroxylation is 1. The highest BCUT2D eigenvalue weighted by Gasteiger charge is 2.07. The number of carboxylic acids is 1. The van der Waals surface area contributed by atoms with Gasteiger partial charge in [0.25, 0.3) is 0 Å². The van der Waals surface area contributed by atoms with Crippen LogP contribution in [0, 0.1) is 6.92 Å². The summed E-state index contributed by atoms with van der Waals surface area (Å²) in [5.41, 5.74) is 1.08. The molecule has 0 amide bonds. The number of carbonyl (C=O) groups is 1. The van der Waals surface area contributed by atoms with E-state index in [4.69, 9.17) is 14.6 Å². The number of benzene rings is 1.